The molecular formula is C16H19NO2. The fourth-order valence-corrected chi connectivity index (χ4v) is 2.20. The average molecular weight is 257 g/mol. The SMILES string of the molecule is CCCCCCC(=O)c1ccc2cccnc2c1O. The van der Waals surface area contributed by atoms with Crippen LogP contribution in [0.25, 0.3) is 10.9 Å². The molecule has 1 aromatic carbocycles. The predicted octanol–water partition coefficient (Wildman–Crippen LogP) is 4.09. The van der Waals surface area contributed by atoms with E-state index >= 15 is 0 Å². The first-order valence-electron chi connectivity index (χ1n) is 6.84. The Balaban J connectivity index is 2.16. The van der Waals surface area contributed by atoms with E-state index in [4.69, 9.17) is 0 Å². The molecule has 0 aliphatic rings. The molecule has 2 aromatic rings. The van der Waals surface area contributed by atoms with Crippen molar-refractivity contribution in [3.05, 3.63) is 36.0 Å². The van der Waals surface area contributed by atoms with Crippen LogP contribution in [0, 0.1) is 0 Å². The molecule has 3 heteroatoms. The fourth-order valence-electron chi connectivity index (χ4n) is 2.20. The summed E-state index contributed by atoms with van der Waals surface area (Å²) in [5, 5.41) is 11.0. The maximum Gasteiger partial charge on any atom is 0.166 e. The van der Waals surface area contributed by atoms with Crippen molar-refractivity contribution in [1.29, 1.82) is 0 Å². The molecule has 1 N–H and O–H groups in total. The van der Waals surface area contributed by atoms with Gasteiger partial charge < -0.3 is 5.11 Å². The number of aromatic nitrogens is 1. The van der Waals surface area contributed by atoms with Crippen molar-refractivity contribution in [3.8, 4) is 5.75 Å². The van der Waals surface area contributed by atoms with Crippen molar-refractivity contribution in [1.82, 2.24) is 4.98 Å². The Morgan fingerprint density at radius 3 is 2.84 bits per heavy atom. The molecule has 0 fully saturated rings. The van der Waals surface area contributed by atoms with Gasteiger partial charge in [0.15, 0.2) is 11.5 Å². The molecule has 0 spiro atoms. The topological polar surface area (TPSA) is 50.2 Å². The van der Waals surface area contributed by atoms with Crippen LogP contribution in [-0.2, 0) is 0 Å². The monoisotopic (exact) mass is 257 g/mol. The minimum Gasteiger partial charge on any atom is -0.505 e. The normalized spacial score (nSPS) is 10.8. The zero-order valence-corrected chi connectivity index (χ0v) is 11.2. The Kier molecular flexibility index (Phi) is 4.50. The number of nitrogens with zero attached hydrogens (tertiary/aromatic N) is 1. The predicted molar refractivity (Wildman–Crippen MR) is 76.5 cm³/mol. The molecule has 0 aliphatic carbocycles. The summed E-state index contributed by atoms with van der Waals surface area (Å²) in [6.45, 7) is 2.14. The van der Waals surface area contributed by atoms with Crippen molar-refractivity contribution in [3.63, 3.8) is 0 Å². The molecule has 1 aromatic heterocycles. The second kappa shape index (κ2) is 6.32. The molecule has 0 bridgehead atoms. The molecule has 0 amide bonds. The first-order chi connectivity index (χ1) is 9.24. The van der Waals surface area contributed by atoms with Gasteiger partial charge in [-0.15, -0.1) is 0 Å². The average Bonchev–Trinajstić information content (AvgIpc) is 2.44. The first-order valence-corrected chi connectivity index (χ1v) is 6.84. The number of carbonyl (C=O) groups excluding carboxylic acids is 1. The summed E-state index contributed by atoms with van der Waals surface area (Å²) in [7, 11) is 0. The molecule has 0 saturated heterocycles. The van der Waals surface area contributed by atoms with Gasteiger partial charge in [-0.25, -0.2) is 0 Å². The van der Waals surface area contributed by atoms with Crippen molar-refractivity contribution >= 4 is 16.7 Å². The molecule has 1 heterocycles. The second-order valence-electron chi connectivity index (χ2n) is 4.77. The second-order valence-corrected chi connectivity index (χ2v) is 4.77. The smallest absolute Gasteiger partial charge is 0.166 e. The number of benzene rings is 1. The summed E-state index contributed by atoms with van der Waals surface area (Å²) < 4.78 is 0. The van der Waals surface area contributed by atoms with Gasteiger partial charge in [0.25, 0.3) is 0 Å². The molecule has 0 aliphatic heterocycles. The highest BCUT2D eigenvalue weighted by molar-refractivity contribution is 6.03. The first kappa shape index (κ1) is 13.5. The molecule has 2 rings (SSSR count). The van der Waals surface area contributed by atoms with E-state index in [1.165, 1.54) is 0 Å². The van der Waals surface area contributed by atoms with E-state index in [2.05, 4.69) is 11.9 Å². The number of phenols is 1. The zero-order chi connectivity index (χ0) is 13.7. The van der Waals surface area contributed by atoms with E-state index in [9.17, 15) is 9.90 Å². The van der Waals surface area contributed by atoms with Gasteiger partial charge in [-0.1, -0.05) is 38.3 Å². The molecule has 3 nitrogen and oxygen atoms in total. The Hall–Kier alpha value is -1.90. The number of rotatable bonds is 6. The largest absolute Gasteiger partial charge is 0.505 e. The molecule has 100 valence electrons. The van der Waals surface area contributed by atoms with Crippen LogP contribution in [-0.4, -0.2) is 15.9 Å². The summed E-state index contributed by atoms with van der Waals surface area (Å²) in [5.41, 5.74) is 0.893. The summed E-state index contributed by atoms with van der Waals surface area (Å²) in [5.74, 6) is 0.0137. The quantitative estimate of drug-likeness (QED) is 0.626. The standard InChI is InChI=1S/C16H19NO2/c1-2-3-4-5-8-14(18)13-10-9-12-7-6-11-17-15(12)16(13)19/h6-7,9-11,19H,2-5,8H2,1H3. The van der Waals surface area contributed by atoms with Crippen LogP contribution in [0.3, 0.4) is 0 Å². The van der Waals surface area contributed by atoms with Crippen LogP contribution < -0.4 is 0 Å². The Morgan fingerprint density at radius 2 is 2.05 bits per heavy atom. The summed E-state index contributed by atoms with van der Waals surface area (Å²) in [6, 6.07) is 7.22. The summed E-state index contributed by atoms with van der Waals surface area (Å²) >= 11 is 0. The fraction of sp³-hybridized carbons (Fsp3) is 0.375. The van der Waals surface area contributed by atoms with Crippen molar-refractivity contribution in [2.45, 2.75) is 39.0 Å². The van der Waals surface area contributed by atoms with Crippen molar-refractivity contribution in [2.24, 2.45) is 0 Å². The third kappa shape index (κ3) is 3.11. The Labute approximate surface area is 113 Å². The highest BCUT2D eigenvalue weighted by Gasteiger charge is 2.13. The number of fused-ring (bicyclic) bond motifs is 1. The minimum atomic E-state index is 0.00107. The van der Waals surface area contributed by atoms with Crippen molar-refractivity contribution < 1.29 is 9.90 Å². The highest BCUT2D eigenvalue weighted by Crippen LogP contribution is 2.28. The maximum absolute atomic E-state index is 12.1. The number of Topliss-reactive ketones (excluding diaryl/α,β-unsaturated/α-hetero) is 1. The van der Waals surface area contributed by atoms with Crippen LogP contribution in [0.2, 0.25) is 0 Å². The number of hydrogen-bond acceptors (Lipinski definition) is 3. The van der Waals surface area contributed by atoms with Gasteiger partial charge in [-0.3, -0.25) is 9.78 Å². The third-order valence-electron chi connectivity index (χ3n) is 3.31. The molecule has 19 heavy (non-hydrogen) atoms. The van der Waals surface area contributed by atoms with E-state index in [1.807, 2.05) is 18.2 Å². The molecule has 0 unspecified atom stereocenters. The van der Waals surface area contributed by atoms with E-state index < -0.39 is 0 Å². The molecule has 0 saturated carbocycles. The van der Waals surface area contributed by atoms with E-state index in [1.54, 1.807) is 12.3 Å². The number of carbonyl (C=O) groups is 1. The maximum atomic E-state index is 12.1. The van der Waals surface area contributed by atoms with Crippen LogP contribution in [0.5, 0.6) is 5.75 Å². The van der Waals surface area contributed by atoms with Crippen LogP contribution in [0.15, 0.2) is 30.5 Å². The molecule has 0 radical (unpaired) electrons. The van der Waals surface area contributed by atoms with Gasteiger partial charge in [0, 0.05) is 18.0 Å². The van der Waals surface area contributed by atoms with E-state index in [0.29, 0.717) is 17.5 Å². The van der Waals surface area contributed by atoms with Gasteiger partial charge in [0.1, 0.15) is 5.52 Å². The van der Waals surface area contributed by atoms with E-state index in [0.717, 1.165) is 31.1 Å². The number of ketones is 1. The molecule has 0 atom stereocenters. The van der Waals surface area contributed by atoms with Gasteiger partial charge in [0.2, 0.25) is 0 Å². The number of pyridine rings is 1. The van der Waals surface area contributed by atoms with Crippen LogP contribution in [0.4, 0.5) is 0 Å². The lowest BCUT2D eigenvalue weighted by molar-refractivity contribution is 0.0977. The summed E-state index contributed by atoms with van der Waals surface area (Å²) in [4.78, 5) is 16.2. The molecular weight excluding hydrogens is 238 g/mol. The lowest BCUT2D eigenvalue weighted by Crippen LogP contribution is -2.00. The van der Waals surface area contributed by atoms with Gasteiger partial charge in [-0.05, 0) is 18.6 Å². The number of phenolic OH excluding ortho intramolecular Hbond substituents is 1. The Bertz CT molecular complexity index is 578. The van der Waals surface area contributed by atoms with Crippen LogP contribution in [0.1, 0.15) is 49.4 Å². The van der Waals surface area contributed by atoms with Gasteiger partial charge in [0.05, 0.1) is 5.56 Å². The zero-order valence-electron chi connectivity index (χ0n) is 11.2. The lowest BCUT2D eigenvalue weighted by atomic mass is 10.0. The third-order valence-corrected chi connectivity index (χ3v) is 3.31. The number of unbranched alkanes of at least 4 members (excludes halogenated alkanes) is 3. The lowest BCUT2D eigenvalue weighted by Gasteiger charge is -2.06. The van der Waals surface area contributed by atoms with Crippen LogP contribution >= 0.6 is 0 Å². The number of hydrogen-bond donors (Lipinski definition) is 1. The van der Waals surface area contributed by atoms with Gasteiger partial charge in [-0.2, -0.15) is 0 Å². The Morgan fingerprint density at radius 1 is 1.21 bits per heavy atom. The number of aromatic hydroxyl groups is 1. The van der Waals surface area contributed by atoms with E-state index in [-0.39, 0.29) is 11.5 Å². The van der Waals surface area contributed by atoms with Crippen molar-refractivity contribution in [2.75, 3.05) is 0 Å². The minimum absolute atomic E-state index is 0.00107. The van der Waals surface area contributed by atoms with Gasteiger partial charge >= 0.3 is 0 Å². The highest BCUT2D eigenvalue weighted by atomic mass is 16.3. The summed E-state index contributed by atoms with van der Waals surface area (Å²) in [6.07, 6.45) is 6.36.